The number of nitrogens with one attached hydrogen (secondary N) is 1. The first-order valence-electron chi connectivity index (χ1n) is 14.6. The Kier molecular flexibility index (Phi) is 14.6. The summed E-state index contributed by atoms with van der Waals surface area (Å²) < 4.78 is 52.5. The summed E-state index contributed by atoms with van der Waals surface area (Å²) in [4.78, 5) is 26.8. The summed E-state index contributed by atoms with van der Waals surface area (Å²) in [7, 11) is -3.52. The van der Waals surface area contributed by atoms with E-state index >= 15 is 0 Å². The maximum Gasteiger partial charge on any atom is 0.335 e. The number of hydrogen-bond donors (Lipinski definition) is 1. The molecule has 0 fully saturated rings. The van der Waals surface area contributed by atoms with E-state index < -0.39 is 45.0 Å². The lowest BCUT2D eigenvalue weighted by atomic mass is 9.83. The molecule has 43 heavy (non-hydrogen) atoms. The fraction of sp³-hybridized carbons (Fsp3) is 0.750. The van der Waals surface area contributed by atoms with Gasteiger partial charge >= 0.3 is 13.3 Å². The van der Waals surface area contributed by atoms with Gasteiger partial charge in [0.25, 0.3) is 14.1 Å². The van der Waals surface area contributed by atoms with Crippen LogP contribution in [0.4, 0.5) is 0 Å². The van der Waals surface area contributed by atoms with E-state index in [-0.39, 0.29) is 56.1 Å². The van der Waals surface area contributed by atoms with Gasteiger partial charge in [0.2, 0.25) is 5.88 Å². The zero-order valence-electron chi connectivity index (χ0n) is 26.8. The predicted octanol–water partition coefficient (Wildman–Crippen LogP) is 5.44. The first kappa shape index (κ1) is 37.2. The number of ether oxygens (including phenoxy) is 2. The number of nitriles is 1. The topological polar surface area (TPSA) is 154 Å². The van der Waals surface area contributed by atoms with Gasteiger partial charge in [0.15, 0.2) is 11.9 Å². The van der Waals surface area contributed by atoms with E-state index in [1.807, 2.05) is 41.5 Å². The minimum atomic E-state index is -3.27. The van der Waals surface area contributed by atoms with Gasteiger partial charge in [0, 0.05) is 24.3 Å². The monoisotopic (exact) mass is 646 g/mol. The van der Waals surface area contributed by atoms with E-state index in [0.29, 0.717) is 12.8 Å². The van der Waals surface area contributed by atoms with Crippen molar-refractivity contribution in [2.45, 2.75) is 98.9 Å². The summed E-state index contributed by atoms with van der Waals surface area (Å²) in [6.07, 6.45) is 1.17. The van der Waals surface area contributed by atoms with Gasteiger partial charge in [-0.25, -0.2) is 14.0 Å². The van der Waals surface area contributed by atoms with Crippen molar-refractivity contribution < 1.29 is 32.1 Å². The molecule has 0 aliphatic carbocycles. The fourth-order valence-corrected chi connectivity index (χ4v) is 8.54. The first-order chi connectivity index (χ1) is 20.2. The Balaban J connectivity index is 2.53. The van der Waals surface area contributed by atoms with E-state index in [1.165, 1.54) is 23.9 Å². The van der Waals surface area contributed by atoms with Crippen molar-refractivity contribution in [3.8, 4) is 6.07 Å². The van der Waals surface area contributed by atoms with Gasteiger partial charge in [-0.2, -0.15) is 5.26 Å². The van der Waals surface area contributed by atoms with Gasteiger partial charge in [-0.15, -0.1) is 0 Å². The lowest BCUT2D eigenvalue weighted by molar-refractivity contribution is 0.0203. The molecule has 0 amide bonds. The second-order valence-electron chi connectivity index (χ2n) is 11.4. The molecule has 2 rings (SSSR count). The highest BCUT2D eigenvalue weighted by molar-refractivity contribution is 7.53. The highest BCUT2D eigenvalue weighted by atomic mass is 31.2. The number of H-pyrrole nitrogens is 1. The Morgan fingerprint density at radius 3 is 2.33 bits per heavy atom. The van der Waals surface area contributed by atoms with Crippen LogP contribution in [-0.4, -0.2) is 71.6 Å². The zero-order chi connectivity index (χ0) is 32.4. The largest absolute Gasteiger partial charge is 0.493 e. The molecule has 2 unspecified atom stereocenters. The second kappa shape index (κ2) is 16.9. The first-order valence-corrected chi connectivity index (χ1v) is 17.5. The summed E-state index contributed by atoms with van der Waals surface area (Å²) in [5.74, 6) is 0.351. The molecule has 15 heteroatoms. The molecule has 0 bridgehead atoms. The number of rotatable bonds is 19. The minimum absolute atomic E-state index is 0.0490. The van der Waals surface area contributed by atoms with Gasteiger partial charge in [0.05, 0.1) is 45.6 Å². The van der Waals surface area contributed by atoms with E-state index in [2.05, 4.69) is 15.7 Å². The molecular weight excluding hydrogens is 598 g/mol. The Hall–Kier alpha value is -2.03. The second-order valence-corrected chi connectivity index (χ2v) is 15.0. The highest BCUT2D eigenvalue weighted by Crippen LogP contribution is 2.53. The highest BCUT2D eigenvalue weighted by Gasteiger charge is 2.46. The van der Waals surface area contributed by atoms with Crippen LogP contribution in [0.15, 0.2) is 27.6 Å². The van der Waals surface area contributed by atoms with Gasteiger partial charge in [0.1, 0.15) is 6.10 Å². The Morgan fingerprint density at radius 1 is 1.19 bits per heavy atom. The molecule has 1 aliphatic heterocycles. The third-order valence-corrected chi connectivity index (χ3v) is 10.9. The molecule has 0 saturated heterocycles. The van der Waals surface area contributed by atoms with Crippen LogP contribution in [0.2, 0.25) is 0 Å². The van der Waals surface area contributed by atoms with Gasteiger partial charge in [-0.1, -0.05) is 13.8 Å². The number of hydrogen-bond acceptors (Lipinski definition) is 11. The summed E-state index contributed by atoms with van der Waals surface area (Å²) in [6.45, 7) is 16.4. The average molecular weight is 647 g/mol. The summed E-state index contributed by atoms with van der Waals surface area (Å²) in [6, 6.07) is 3.41. The molecule has 0 radical (unpaired) electrons. The summed E-state index contributed by atoms with van der Waals surface area (Å²) in [5.41, 5.74) is -1.68. The molecule has 0 spiro atoms. The van der Waals surface area contributed by atoms with Crippen molar-refractivity contribution in [2.24, 2.45) is 5.41 Å². The third-order valence-electron chi connectivity index (χ3n) is 6.67. The molecule has 1 aromatic heterocycles. The van der Waals surface area contributed by atoms with Crippen LogP contribution in [0.1, 0.15) is 74.7 Å². The number of nitrogens with zero attached hydrogens (tertiary/aromatic N) is 3. The lowest BCUT2D eigenvalue weighted by Crippen LogP contribution is -2.38. The van der Waals surface area contributed by atoms with Crippen LogP contribution in [0.5, 0.6) is 0 Å². The van der Waals surface area contributed by atoms with Crippen molar-refractivity contribution in [1.29, 1.82) is 5.26 Å². The molecule has 2 heterocycles. The van der Waals surface area contributed by atoms with Gasteiger partial charge < -0.3 is 27.6 Å². The number of methoxy groups -OCH3 is 1. The average Bonchev–Trinajstić information content (AvgIpc) is 3.23. The maximum absolute atomic E-state index is 13.2. The van der Waals surface area contributed by atoms with E-state index in [1.54, 1.807) is 13.8 Å². The van der Waals surface area contributed by atoms with Crippen molar-refractivity contribution in [1.82, 2.24) is 14.2 Å². The zero-order valence-corrected chi connectivity index (χ0v) is 28.6. The lowest BCUT2D eigenvalue weighted by Gasteiger charge is -2.38. The van der Waals surface area contributed by atoms with Gasteiger partial charge in [-0.05, 0) is 59.8 Å². The molecule has 13 nitrogen and oxygen atoms in total. The van der Waals surface area contributed by atoms with E-state index in [9.17, 15) is 14.2 Å². The molecule has 244 valence electrons. The van der Waals surface area contributed by atoms with Crippen molar-refractivity contribution >= 4 is 22.0 Å². The molecule has 0 aromatic carbocycles. The number of aromatic amines is 1. The molecule has 1 aromatic rings. The quantitative estimate of drug-likeness (QED) is 0.151. The molecule has 0 saturated carbocycles. The molecule has 3 atom stereocenters. The summed E-state index contributed by atoms with van der Waals surface area (Å²) in [5, 5.41) is 9.13. The van der Waals surface area contributed by atoms with E-state index in [0.717, 1.165) is 0 Å². The Labute approximate surface area is 255 Å². The SMILES string of the molecule is CCOP(=O)(CCC(C)(C)C[C@H]1OC(n2ccc(=O)[nH]c2=O)=C(OC)C1OP(OCCC#N)N(C(C)C)C(C)C)OCC. The van der Waals surface area contributed by atoms with Crippen molar-refractivity contribution in [3.63, 3.8) is 0 Å². The molecule has 1 N–H and O–H groups in total. The summed E-state index contributed by atoms with van der Waals surface area (Å²) >= 11 is 0. The fourth-order valence-electron chi connectivity index (χ4n) is 4.81. The van der Waals surface area contributed by atoms with Gasteiger partial charge in [-0.3, -0.25) is 14.3 Å². The Morgan fingerprint density at radius 2 is 1.81 bits per heavy atom. The van der Waals surface area contributed by atoms with Crippen LogP contribution in [0, 0.1) is 16.7 Å². The smallest absolute Gasteiger partial charge is 0.335 e. The van der Waals surface area contributed by atoms with Crippen molar-refractivity contribution in [3.05, 3.63) is 38.9 Å². The number of aromatic nitrogens is 2. The van der Waals surface area contributed by atoms with Crippen LogP contribution in [0.3, 0.4) is 0 Å². The van der Waals surface area contributed by atoms with Crippen LogP contribution >= 0.6 is 16.1 Å². The molecular formula is C28H48N4O9P2. The third kappa shape index (κ3) is 10.5. The standard InChI is InChI=1S/C28H48N4O9P2/c1-10-38-43(35,39-11-2)18-14-28(7,8)19-22-24(41-42(37-17-12-15-29)32(20(3)4)21(5)6)25(36-9)26(40-22)31-16-13-23(33)30-27(31)34/h13,16,20-22,24H,10-12,14,17-19H2,1-9H3,(H,30,33,34)/t22-,24?,42?/m1/s1. The maximum atomic E-state index is 13.2. The van der Waals surface area contributed by atoms with Crippen molar-refractivity contribution in [2.75, 3.05) is 33.1 Å². The van der Waals surface area contributed by atoms with Crippen LogP contribution in [0.25, 0.3) is 5.88 Å². The van der Waals surface area contributed by atoms with E-state index in [4.69, 9.17) is 32.8 Å². The van der Waals surface area contributed by atoms with Crippen LogP contribution in [-0.2, 0) is 32.1 Å². The predicted molar refractivity (Wildman–Crippen MR) is 165 cm³/mol. The molecule has 1 aliphatic rings. The minimum Gasteiger partial charge on any atom is -0.493 e. The van der Waals surface area contributed by atoms with Crippen LogP contribution < -0.4 is 11.2 Å². The Bertz CT molecular complexity index is 1250. The normalized spacial score (nSPS) is 18.4.